The first-order valence-electron chi connectivity index (χ1n) is 9.49. The molecule has 0 aromatic heterocycles. The molecule has 0 saturated carbocycles. The molecule has 4 rings (SSSR count). The molecule has 1 N–H and O–H groups in total. The molecule has 1 amide bonds. The Bertz CT molecular complexity index is 1360. The van der Waals surface area contributed by atoms with Crippen LogP contribution in [0.3, 0.4) is 0 Å². The number of ether oxygens (including phenoxy) is 1. The summed E-state index contributed by atoms with van der Waals surface area (Å²) in [5.74, 6) is -1.49. The van der Waals surface area contributed by atoms with Crippen LogP contribution in [0.4, 0.5) is 0 Å². The van der Waals surface area contributed by atoms with Gasteiger partial charge in [-0.1, -0.05) is 30.7 Å². The van der Waals surface area contributed by atoms with Gasteiger partial charge in [0.05, 0.1) is 28.8 Å². The van der Waals surface area contributed by atoms with Crippen LogP contribution in [0.2, 0.25) is 5.02 Å². The fourth-order valence-electron chi connectivity index (χ4n) is 2.88. The number of halogens is 1. The van der Waals surface area contributed by atoms with Gasteiger partial charge in [0.2, 0.25) is 20.2 Å². The summed E-state index contributed by atoms with van der Waals surface area (Å²) in [5.41, 5.74) is 0.770. The fourth-order valence-corrected chi connectivity index (χ4v) is 4.97. The molecule has 0 atom stereocenters. The second-order valence-corrected chi connectivity index (χ2v) is 10.1. The molecule has 0 radical (unpaired) electrons. The zero-order valence-corrected chi connectivity index (χ0v) is 19.4. The van der Waals surface area contributed by atoms with Crippen molar-refractivity contribution in [2.45, 2.75) is 6.92 Å². The van der Waals surface area contributed by atoms with Crippen LogP contribution in [0.15, 0.2) is 63.5 Å². The van der Waals surface area contributed by atoms with Gasteiger partial charge in [0.1, 0.15) is 11.6 Å². The molecular weight excluding hydrogens is 488 g/mol. The van der Waals surface area contributed by atoms with E-state index in [2.05, 4.69) is 9.39 Å². The van der Waals surface area contributed by atoms with E-state index in [9.17, 15) is 18.0 Å². The maximum Gasteiger partial charge on any atom is 0.343 e. The number of amides is 1. The lowest BCUT2D eigenvalue weighted by molar-refractivity contribution is -0.114. The van der Waals surface area contributed by atoms with Crippen molar-refractivity contribution in [1.82, 2.24) is 4.90 Å². The van der Waals surface area contributed by atoms with Crippen molar-refractivity contribution in [2.75, 3.05) is 5.75 Å². The Hall–Kier alpha value is -3.28. The van der Waals surface area contributed by atoms with Gasteiger partial charge in [0.15, 0.2) is 0 Å². The van der Waals surface area contributed by atoms with E-state index >= 15 is 0 Å². The number of rotatable bonds is 4. The summed E-state index contributed by atoms with van der Waals surface area (Å²) in [6.45, 7) is 1.47. The molecule has 2 aromatic carbocycles. The predicted molar refractivity (Wildman–Crippen MR) is 127 cm³/mol. The Morgan fingerprint density at radius 1 is 1.18 bits per heavy atom. The monoisotopic (exact) mass is 502 g/mol. The van der Waals surface area contributed by atoms with Crippen molar-refractivity contribution in [1.29, 1.82) is 5.41 Å². The number of amidine groups is 3. The Kier molecular flexibility index (Phi) is 6.19. The van der Waals surface area contributed by atoms with Crippen molar-refractivity contribution in [3.63, 3.8) is 0 Å². The molecule has 12 heteroatoms. The molecule has 9 nitrogen and oxygen atoms in total. The maximum atomic E-state index is 12.5. The molecular formula is C21H15ClN4O5S2. The van der Waals surface area contributed by atoms with Crippen molar-refractivity contribution in [3.05, 3.63) is 70.3 Å². The van der Waals surface area contributed by atoms with Gasteiger partial charge >= 0.3 is 5.97 Å². The molecule has 2 heterocycles. The molecule has 0 saturated heterocycles. The first-order chi connectivity index (χ1) is 15.7. The molecule has 0 fully saturated rings. The number of hydrogen-bond acceptors (Lipinski definition) is 8. The van der Waals surface area contributed by atoms with Gasteiger partial charge in [-0.25, -0.2) is 18.1 Å². The molecule has 33 heavy (non-hydrogen) atoms. The number of sulfone groups is 1. The minimum absolute atomic E-state index is 0.0265. The highest BCUT2D eigenvalue weighted by molar-refractivity contribution is 8.16. The van der Waals surface area contributed by atoms with E-state index in [1.807, 2.05) is 0 Å². The average molecular weight is 503 g/mol. The third-order valence-corrected chi connectivity index (χ3v) is 7.29. The molecule has 168 valence electrons. The zero-order valence-electron chi connectivity index (χ0n) is 17.0. The highest BCUT2D eigenvalue weighted by Crippen LogP contribution is 2.30. The summed E-state index contributed by atoms with van der Waals surface area (Å²) in [5, 5.41) is 8.61. The summed E-state index contributed by atoms with van der Waals surface area (Å²) in [7, 11) is -3.72. The van der Waals surface area contributed by atoms with Crippen LogP contribution < -0.4 is 4.74 Å². The standard InChI is InChI=1S/C21H15ClN4O5S2/c1-2-33(29,30)21-25-32-20-24-18(27)16(17(23)26(20)21)11-12-3-9-15(10-4-12)31-19(28)13-5-7-14(22)8-6-13/h3-11,23H,2H2,1H3/b16-11-,23-17?. The minimum atomic E-state index is -3.72. The molecule has 2 aliphatic rings. The van der Waals surface area contributed by atoms with E-state index < -0.39 is 21.7 Å². The first-order valence-corrected chi connectivity index (χ1v) is 12.3. The predicted octanol–water partition coefficient (Wildman–Crippen LogP) is 3.57. The number of benzene rings is 2. The lowest BCUT2D eigenvalue weighted by Gasteiger charge is -2.24. The molecule has 2 aliphatic heterocycles. The van der Waals surface area contributed by atoms with Crippen molar-refractivity contribution >= 4 is 67.5 Å². The lowest BCUT2D eigenvalue weighted by Crippen LogP contribution is -2.45. The summed E-state index contributed by atoms with van der Waals surface area (Å²) in [6.07, 6.45) is 1.41. The lowest BCUT2D eigenvalue weighted by atomic mass is 10.1. The third kappa shape index (κ3) is 4.61. The van der Waals surface area contributed by atoms with Gasteiger partial charge in [-0.2, -0.15) is 9.39 Å². The van der Waals surface area contributed by atoms with Crippen LogP contribution in [0.1, 0.15) is 22.8 Å². The SMILES string of the molecule is CCS(=O)(=O)C1=NSC2=NC(=O)/C(=C\c3ccc(OC(=O)c4ccc(Cl)cc4)cc3)C(=N)N21. The second-order valence-electron chi connectivity index (χ2n) is 6.78. The Morgan fingerprint density at radius 2 is 1.85 bits per heavy atom. The number of nitrogens with one attached hydrogen (secondary N) is 1. The van der Waals surface area contributed by atoms with Gasteiger partial charge in [-0.3, -0.25) is 10.2 Å². The van der Waals surface area contributed by atoms with E-state index in [4.69, 9.17) is 21.7 Å². The Morgan fingerprint density at radius 3 is 2.48 bits per heavy atom. The van der Waals surface area contributed by atoms with Crippen molar-refractivity contribution < 1.29 is 22.7 Å². The van der Waals surface area contributed by atoms with E-state index in [1.165, 1.54) is 25.1 Å². The number of nitrogens with zero attached hydrogens (tertiary/aromatic N) is 3. The highest BCUT2D eigenvalue weighted by Gasteiger charge is 2.42. The van der Waals surface area contributed by atoms with Gasteiger partial charge in [-0.15, -0.1) is 0 Å². The summed E-state index contributed by atoms with van der Waals surface area (Å²) < 4.78 is 33.8. The summed E-state index contributed by atoms with van der Waals surface area (Å²) in [6, 6.07) is 12.5. The number of carbonyl (C=O) groups is 2. The highest BCUT2D eigenvalue weighted by atomic mass is 35.5. The maximum absolute atomic E-state index is 12.5. The van der Waals surface area contributed by atoms with E-state index in [0.29, 0.717) is 16.1 Å². The molecule has 0 bridgehead atoms. The van der Waals surface area contributed by atoms with Crippen molar-refractivity contribution in [2.24, 2.45) is 9.39 Å². The molecule has 0 unspecified atom stereocenters. The van der Waals surface area contributed by atoms with E-state index in [0.717, 1.165) is 16.8 Å². The zero-order chi connectivity index (χ0) is 23.8. The van der Waals surface area contributed by atoms with Crippen LogP contribution in [0, 0.1) is 5.41 Å². The molecule has 0 spiro atoms. The smallest absolute Gasteiger partial charge is 0.343 e. The number of esters is 1. The Balaban J connectivity index is 1.55. The van der Waals surface area contributed by atoms with Crippen LogP contribution in [0.25, 0.3) is 6.08 Å². The summed E-state index contributed by atoms with van der Waals surface area (Å²) in [4.78, 5) is 29.6. The van der Waals surface area contributed by atoms with Crippen LogP contribution >= 0.6 is 23.5 Å². The van der Waals surface area contributed by atoms with Crippen LogP contribution in [0.5, 0.6) is 5.75 Å². The fraction of sp³-hybridized carbons (Fsp3) is 0.0952. The number of hydrogen-bond donors (Lipinski definition) is 1. The molecule has 0 aliphatic carbocycles. The molecule has 2 aromatic rings. The second kappa shape index (κ2) is 8.93. The van der Waals surface area contributed by atoms with Gasteiger partial charge < -0.3 is 4.74 Å². The largest absolute Gasteiger partial charge is 0.423 e. The van der Waals surface area contributed by atoms with Crippen molar-refractivity contribution in [3.8, 4) is 5.75 Å². The van der Waals surface area contributed by atoms with Gasteiger partial charge in [0.25, 0.3) is 5.91 Å². The normalized spacial score (nSPS) is 17.0. The quantitative estimate of drug-likeness (QED) is 0.293. The van der Waals surface area contributed by atoms with Crippen LogP contribution in [-0.2, 0) is 14.6 Å². The van der Waals surface area contributed by atoms with Gasteiger partial charge in [0, 0.05) is 5.02 Å². The topological polar surface area (TPSA) is 129 Å². The van der Waals surface area contributed by atoms with E-state index in [1.54, 1.807) is 36.4 Å². The van der Waals surface area contributed by atoms with Crippen LogP contribution in [-0.4, -0.2) is 47.1 Å². The third-order valence-electron chi connectivity index (χ3n) is 4.63. The minimum Gasteiger partial charge on any atom is -0.423 e. The number of aliphatic imine (C=N–C) groups is 1. The Labute approximate surface area is 198 Å². The number of carbonyl (C=O) groups excluding carboxylic acids is 2. The van der Waals surface area contributed by atoms with E-state index in [-0.39, 0.29) is 33.2 Å². The average Bonchev–Trinajstić information content (AvgIpc) is 3.23. The van der Waals surface area contributed by atoms with Gasteiger partial charge in [-0.05, 0) is 48.0 Å². The summed E-state index contributed by atoms with van der Waals surface area (Å²) >= 11 is 6.56. The number of fused-ring (bicyclic) bond motifs is 1. The first kappa shape index (κ1) is 22.9.